The first-order chi connectivity index (χ1) is 8.33. The highest BCUT2D eigenvalue weighted by atomic mass is 32.1. The number of nitrogens with zero attached hydrogens (tertiary/aromatic N) is 2. The molecule has 0 amide bonds. The number of hydrazine groups is 1. The van der Waals surface area contributed by atoms with Crippen LogP contribution in [0.15, 0.2) is 0 Å². The molecule has 1 heterocycles. The van der Waals surface area contributed by atoms with Crippen molar-refractivity contribution in [2.45, 2.75) is 51.7 Å². The topological polar surface area (TPSA) is 73.1 Å². The summed E-state index contributed by atoms with van der Waals surface area (Å²) in [7, 11) is 0. The summed E-state index contributed by atoms with van der Waals surface area (Å²) < 4.78 is 9.77. The maximum atomic E-state index is 5.91. The minimum absolute atomic E-state index is 0.376. The standard InChI is InChI=1S/C11H20N4OS/c1-2-8-4-3-5-9(6-8)16-7-10-11(13-12)17-15-14-10/h8-9,13H,2-7,12H2,1H3. The summed E-state index contributed by atoms with van der Waals surface area (Å²) in [5.41, 5.74) is 3.41. The monoisotopic (exact) mass is 256 g/mol. The van der Waals surface area contributed by atoms with Crippen LogP contribution in [0, 0.1) is 5.92 Å². The molecule has 3 N–H and O–H groups in total. The molecule has 2 rings (SSSR count). The lowest BCUT2D eigenvalue weighted by atomic mass is 9.85. The number of ether oxygens (including phenoxy) is 1. The van der Waals surface area contributed by atoms with Crippen LogP contribution in [0.3, 0.4) is 0 Å². The molecule has 0 aliphatic heterocycles. The summed E-state index contributed by atoms with van der Waals surface area (Å²) in [6, 6.07) is 0. The van der Waals surface area contributed by atoms with Crippen LogP contribution in [-0.4, -0.2) is 15.7 Å². The van der Waals surface area contributed by atoms with Crippen molar-refractivity contribution >= 4 is 16.5 Å². The average molecular weight is 256 g/mol. The van der Waals surface area contributed by atoms with Gasteiger partial charge in [0.25, 0.3) is 0 Å². The van der Waals surface area contributed by atoms with E-state index in [-0.39, 0.29) is 0 Å². The van der Waals surface area contributed by atoms with Crippen molar-refractivity contribution in [1.82, 2.24) is 9.59 Å². The zero-order valence-corrected chi connectivity index (χ0v) is 11.0. The molecule has 0 radical (unpaired) electrons. The van der Waals surface area contributed by atoms with Crippen molar-refractivity contribution in [3.63, 3.8) is 0 Å². The van der Waals surface area contributed by atoms with Gasteiger partial charge in [-0.3, -0.25) is 0 Å². The molecule has 5 nitrogen and oxygen atoms in total. The summed E-state index contributed by atoms with van der Waals surface area (Å²) in [6.07, 6.45) is 6.61. The van der Waals surface area contributed by atoms with Gasteiger partial charge in [-0.25, -0.2) is 5.84 Å². The highest BCUT2D eigenvalue weighted by molar-refractivity contribution is 7.10. The summed E-state index contributed by atoms with van der Waals surface area (Å²) in [6.45, 7) is 2.77. The molecule has 1 aromatic heterocycles. The van der Waals surface area contributed by atoms with Gasteiger partial charge in [0, 0.05) is 11.5 Å². The lowest BCUT2D eigenvalue weighted by Crippen LogP contribution is -2.22. The Morgan fingerprint density at radius 1 is 1.53 bits per heavy atom. The van der Waals surface area contributed by atoms with E-state index in [1.54, 1.807) is 0 Å². The number of anilines is 1. The van der Waals surface area contributed by atoms with E-state index in [2.05, 4.69) is 21.9 Å². The van der Waals surface area contributed by atoms with Crippen molar-refractivity contribution in [3.8, 4) is 0 Å². The average Bonchev–Trinajstić information content (AvgIpc) is 2.84. The van der Waals surface area contributed by atoms with Crippen molar-refractivity contribution in [3.05, 3.63) is 5.69 Å². The quantitative estimate of drug-likeness (QED) is 0.624. The van der Waals surface area contributed by atoms with Crippen LogP contribution < -0.4 is 11.3 Å². The molecule has 1 saturated carbocycles. The van der Waals surface area contributed by atoms with E-state index in [0.29, 0.717) is 12.7 Å². The lowest BCUT2D eigenvalue weighted by molar-refractivity contribution is 0.000567. The van der Waals surface area contributed by atoms with Crippen LogP contribution in [0.5, 0.6) is 0 Å². The van der Waals surface area contributed by atoms with Gasteiger partial charge in [0.15, 0.2) is 0 Å². The Bertz CT molecular complexity index is 344. The van der Waals surface area contributed by atoms with E-state index in [0.717, 1.165) is 16.6 Å². The second-order valence-corrected chi connectivity index (χ2v) is 5.32. The third kappa shape index (κ3) is 3.37. The van der Waals surface area contributed by atoms with Crippen LogP contribution in [0.4, 0.5) is 5.00 Å². The molecule has 0 saturated heterocycles. The smallest absolute Gasteiger partial charge is 0.149 e. The predicted octanol–water partition coefficient (Wildman–Crippen LogP) is 2.31. The fourth-order valence-corrected chi connectivity index (χ4v) is 2.85. The van der Waals surface area contributed by atoms with Gasteiger partial charge < -0.3 is 10.2 Å². The molecule has 0 aromatic carbocycles. The second-order valence-electron chi connectivity index (χ2n) is 4.57. The van der Waals surface area contributed by atoms with Gasteiger partial charge in [-0.15, -0.1) is 5.10 Å². The SMILES string of the molecule is CCC1CCCC(OCc2nnsc2NN)C1. The van der Waals surface area contributed by atoms with E-state index in [4.69, 9.17) is 10.6 Å². The van der Waals surface area contributed by atoms with Crippen molar-refractivity contribution in [2.24, 2.45) is 11.8 Å². The van der Waals surface area contributed by atoms with Crippen LogP contribution in [0.2, 0.25) is 0 Å². The molecule has 2 atom stereocenters. The van der Waals surface area contributed by atoms with Crippen LogP contribution >= 0.6 is 11.5 Å². The van der Waals surface area contributed by atoms with E-state index in [1.165, 1.54) is 43.6 Å². The summed E-state index contributed by atoms with van der Waals surface area (Å²) in [4.78, 5) is 0. The minimum atomic E-state index is 0.376. The van der Waals surface area contributed by atoms with E-state index < -0.39 is 0 Å². The zero-order valence-electron chi connectivity index (χ0n) is 10.2. The van der Waals surface area contributed by atoms with E-state index in [1.807, 2.05) is 0 Å². The molecule has 1 fully saturated rings. The van der Waals surface area contributed by atoms with Crippen molar-refractivity contribution in [2.75, 3.05) is 5.43 Å². The predicted molar refractivity (Wildman–Crippen MR) is 68.5 cm³/mol. The van der Waals surface area contributed by atoms with Crippen LogP contribution in [0.1, 0.15) is 44.7 Å². The first-order valence-corrected chi connectivity index (χ1v) is 7.00. The molecular formula is C11H20N4OS. The maximum Gasteiger partial charge on any atom is 0.149 e. The van der Waals surface area contributed by atoms with E-state index >= 15 is 0 Å². The molecule has 96 valence electrons. The zero-order chi connectivity index (χ0) is 12.1. The Morgan fingerprint density at radius 2 is 2.41 bits per heavy atom. The normalized spacial score (nSPS) is 24.8. The first kappa shape index (κ1) is 12.7. The van der Waals surface area contributed by atoms with Crippen molar-refractivity contribution < 1.29 is 4.74 Å². The number of hydrogen-bond donors (Lipinski definition) is 2. The van der Waals surface area contributed by atoms with Crippen LogP contribution in [0.25, 0.3) is 0 Å². The molecule has 6 heteroatoms. The van der Waals surface area contributed by atoms with Gasteiger partial charge in [-0.05, 0) is 18.8 Å². The summed E-state index contributed by atoms with van der Waals surface area (Å²) in [5, 5.41) is 4.81. The molecule has 0 bridgehead atoms. The number of aromatic nitrogens is 2. The molecule has 0 spiro atoms. The van der Waals surface area contributed by atoms with Crippen LogP contribution in [-0.2, 0) is 11.3 Å². The third-order valence-electron chi connectivity index (χ3n) is 3.45. The van der Waals surface area contributed by atoms with Gasteiger partial charge in [-0.1, -0.05) is 30.7 Å². The van der Waals surface area contributed by atoms with Gasteiger partial charge in [-0.2, -0.15) is 0 Å². The minimum Gasteiger partial charge on any atom is -0.372 e. The lowest BCUT2D eigenvalue weighted by Gasteiger charge is -2.28. The largest absolute Gasteiger partial charge is 0.372 e. The summed E-state index contributed by atoms with van der Waals surface area (Å²) >= 11 is 1.26. The molecule has 2 unspecified atom stereocenters. The molecule has 1 aliphatic rings. The Labute approximate surface area is 106 Å². The number of nitrogens with two attached hydrogens (primary N) is 1. The number of rotatable bonds is 5. The van der Waals surface area contributed by atoms with Gasteiger partial charge >= 0.3 is 0 Å². The third-order valence-corrected chi connectivity index (χ3v) is 4.15. The van der Waals surface area contributed by atoms with Gasteiger partial charge in [0.2, 0.25) is 0 Å². The number of nitrogens with one attached hydrogen (secondary N) is 1. The molecule has 17 heavy (non-hydrogen) atoms. The molecule has 1 aromatic rings. The fourth-order valence-electron chi connectivity index (χ4n) is 2.37. The van der Waals surface area contributed by atoms with Gasteiger partial charge in [0.05, 0.1) is 12.7 Å². The fraction of sp³-hybridized carbons (Fsp3) is 0.818. The summed E-state index contributed by atoms with van der Waals surface area (Å²) in [5.74, 6) is 6.20. The second kappa shape index (κ2) is 6.28. The number of hydrogen-bond acceptors (Lipinski definition) is 6. The maximum absolute atomic E-state index is 5.91. The Kier molecular flexibility index (Phi) is 4.70. The van der Waals surface area contributed by atoms with E-state index in [9.17, 15) is 0 Å². The Balaban J connectivity index is 1.81. The van der Waals surface area contributed by atoms with Crippen molar-refractivity contribution in [1.29, 1.82) is 0 Å². The molecule has 1 aliphatic carbocycles. The highest BCUT2D eigenvalue weighted by Crippen LogP contribution is 2.29. The first-order valence-electron chi connectivity index (χ1n) is 6.23. The number of nitrogen functional groups attached to an aromatic ring is 1. The highest BCUT2D eigenvalue weighted by Gasteiger charge is 2.21. The molecular weight excluding hydrogens is 236 g/mol. The van der Waals surface area contributed by atoms with Gasteiger partial charge in [0.1, 0.15) is 10.7 Å². The Morgan fingerprint density at radius 3 is 3.18 bits per heavy atom. The Hall–Kier alpha value is -0.720.